The summed E-state index contributed by atoms with van der Waals surface area (Å²) in [7, 11) is 3.99. The Morgan fingerprint density at radius 1 is 1.35 bits per heavy atom. The van der Waals surface area contributed by atoms with E-state index in [1.807, 2.05) is 43.3 Å². The Morgan fingerprint density at radius 3 is 2.60 bits per heavy atom. The summed E-state index contributed by atoms with van der Waals surface area (Å²) in [6, 6.07) is 8.05. The van der Waals surface area contributed by atoms with E-state index >= 15 is 0 Å². The molecule has 0 spiro atoms. The van der Waals surface area contributed by atoms with Crippen LogP contribution in [0.25, 0.3) is 0 Å². The van der Waals surface area contributed by atoms with Crippen molar-refractivity contribution in [1.29, 1.82) is 0 Å². The van der Waals surface area contributed by atoms with Crippen LogP contribution in [0.15, 0.2) is 30.5 Å². The third-order valence-corrected chi connectivity index (χ3v) is 2.81. The number of carboxylic acid groups (broad SMARTS) is 1. The summed E-state index contributed by atoms with van der Waals surface area (Å²) in [4.78, 5) is 12.7. The van der Waals surface area contributed by atoms with E-state index in [1.165, 1.54) is 10.9 Å². The molecule has 0 aliphatic rings. The highest BCUT2D eigenvalue weighted by atomic mass is 16.4. The van der Waals surface area contributed by atoms with E-state index in [9.17, 15) is 4.79 Å². The summed E-state index contributed by atoms with van der Waals surface area (Å²) >= 11 is 0. The molecular formula is C13H17N5O2. The first-order valence-corrected chi connectivity index (χ1v) is 6.21. The number of hydrogen-bond acceptors (Lipinski definition) is 5. The Kier molecular flexibility index (Phi) is 4.19. The van der Waals surface area contributed by atoms with Crippen LogP contribution in [-0.4, -0.2) is 46.7 Å². The van der Waals surface area contributed by atoms with Crippen molar-refractivity contribution in [2.45, 2.75) is 6.54 Å². The molecule has 0 saturated carbocycles. The summed E-state index contributed by atoms with van der Waals surface area (Å²) in [5.41, 5.74) is 2.10. The maximum Gasteiger partial charge on any atom is 0.358 e. The highest BCUT2D eigenvalue weighted by Gasteiger charge is 2.07. The molecule has 0 aliphatic heterocycles. The summed E-state index contributed by atoms with van der Waals surface area (Å²) in [5.74, 6) is -1.07. The Bertz CT molecular complexity index is 577. The van der Waals surface area contributed by atoms with Crippen LogP contribution in [0.2, 0.25) is 0 Å². The normalized spacial score (nSPS) is 10.3. The van der Waals surface area contributed by atoms with Gasteiger partial charge in [-0.25, -0.2) is 9.48 Å². The van der Waals surface area contributed by atoms with Gasteiger partial charge in [0.15, 0.2) is 5.69 Å². The summed E-state index contributed by atoms with van der Waals surface area (Å²) in [5, 5.41) is 19.3. The van der Waals surface area contributed by atoms with Gasteiger partial charge in [-0.05, 0) is 24.3 Å². The lowest BCUT2D eigenvalue weighted by Gasteiger charge is -2.13. The standard InChI is InChI=1S/C13H17N5O2/c1-17(2)11-5-3-10(4-6-11)14-7-8-18-9-12(13(19)20)15-16-18/h3-6,9,14H,7-8H2,1-2H3,(H,19,20). The molecule has 1 aromatic heterocycles. The molecule has 1 aromatic carbocycles. The van der Waals surface area contributed by atoms with E-state index in [-0.39, 0.29) is 5.69 Å². The maximum absolute atomic E-state index is 10.7. The molecule has 106 valence electrons. The molecule has 2 rings (SSSR count). The molecule has 0 aliphatic carbocycles. The Hall–Kier alpha value is -2.57. The lowest BCUT2D eigenvalue weighted by atomic mass is 10.2. The van der Waals surface area contributed by atoms with Gasteiger partial charge >= 0.3 is 5.97 Å². The Balaban J connectivity index is 1.84. The van der Waals surface area contributed by atoms with Gasteiger partial charge in [0.1, 0.15) is 0 Å². The van der Waals surface area contributed by atoms with Crippen molar-refractivity contribution in [2.75, 3.05) is 30.9 Å². The van der Waals surface area contributed by atoms with Gasteiger partial charge in [-0.3, -0.25) is 0 Å². The van der Waals surface area contributed by atoms with Gasteiger partial charge < -0.3 is 15.3 Å². The molecular weight excluding hydrogens is 258 g/mol. The van der Waals surface area contributed by atoms with E-state index in [4.69, 9.17) is 5.11 Å². The SMILES string of the molecule is CN(C)c1ccc(NCCn2cc(C(=O)O)nn2)cc1. The number of carbonyl (C=O) groups is 1. The van der Waals surface area contributed by atoms with E-state index in [2.05, 4.69) is 15.6 Å². The molecule has 0 atom stereocenters. The Labute approximate surface area is 116 Å². The number of nitrogens with one attached hydrogen (secondary N) is 1. The minimum atomic E-state index is -1.07. The van der Waals surface area contributed by atoms with Crippen LogP contribution in [0.3, 0.4) is 0 Å². The lowest BCUT2D eigenvalue weighted by Crippen LogP contribution is -2.11. The molecule has 20 heavy (non-hydrogen) atoms. The van der Waals surface area contributed by atoms with Gasteiger partial charge in [0, 0.05) is 32.0 Å². The fraction of sp³-hybridized carbons (Fsp3) is 0.308. The summed E-state index contributed by atoms with van der Waals surface area (Å²) in [6.07, 6.45) is 1.42. The van der Waals surface area contributed by atoms with Crippen molar-refractivity contribution in [3.63, 3.8) is 0 Å². The maximum atomic E-state index is 10.7. The van der Waals surface area contributed by atoms with Crippen LogP contribution < -0.4 is 10.2 Å². The number of carboxylic acids is 1. The zero-order chi connectivity index (χ0) is 14.5. The van der Waals surface area contributed by atoms with Crippen LogP contribution in [0.5, 0.6) is 0 Å². The number of aromatic nitrogens is 3. The average Bonchev–Trinajstić information content (AvgIpc) is 2.88. The van der Waals surface area contributed by atoms with E-state index < -0.39 is 5.97 Å². The first kappa shape index (κ1) is 13.9. The fourth-order valence-corrected chi connectivity index (χ4v) is 1.70. The van der Waals surface area contributed by atoms with Crippen LogP contribution in [-0.2, 0) is 6.54 Å². The van der Waals surface area contributed by atoms with Crippen molar-refractivity contribution >= 4 is 17.3 Å². The van der Waals surface area contributed by atoms with Gasteiger partial charge in [-0.1, -0.05) is 5.21 Å². The minimum Gasteiger partial charge on any atom is -0.476 e. The van der Waals surface area contributed by atoms with Crippen LogP contribution in [0.1, 0.15) is 10.5 Å². The van der Waals surface area contributed by atoms with Gasteiger partial charge in [0.25, 0.3) is 0 Å². The smallest absolute Gasteiger partial charge is 0.358 e. The van der Waals surface area contributed by atoms with Crippen LogP contribution in [0.4, 0.5) is 11.4 Å². The van der Waals surface area contributed by atoms with Gasteiger partial charge in [-0.2, -0.15) is 0 Å². The highest BCUT2D eigenvalue weighted by molar-refractivity contribution is 5.84. The fourth-order valence-electron chi connectivity index (χ4n) is 1.70. The molecule has 0 saturated heterocycles. The van der Waals surface area contributed by atoms with Gasteiger partial charge in [0.05, 0.1) is 12.7 Å². The van der Waals surface area contributed by atoms with Crippen molar-refractivity contribution in [3.05, 3.63) is 36.2 Å². The predicted molar refractivity (Wildman–Crippen MR) is 76.2 cm³/mol. The topological polar surface area (TPSA) is 83.3 Å². The molecule has 0 radical (unpaired) electrons. The van der Waals surface area contributed by atoms with Crippen LogP contribution >= 0.6 is 0 Å². The van der Waals surface area contributed by atoms with Gasteiger partial charge in [-0.15, -0.1) is 5.10 Å². The molecule has 0 fully saturated rings. The molecule has 2 N–H and O–H groups in total. The average molecular weight is 275 g/mol. The van der Waals surface area contributed by atoms with Crippen molar-refractivity contribution < 1.29 is 9.90 Å². The van der Waals surface area contributed by atoms with E-state index in [1.54, 1.807) is 0 Å². The number of hydrogen-bond donors (Lipinski definition) is 2. The third-order valence-electron chi connectivity index (χ3n) is 2.81. The second kappa shape index (κ2) is 6.05. The zero-order valence-electron chi connectivity index (χ0n) is 11.4. The van der Waals surface area contributed by atoms with Gasteiger partial charge in [0.2, 0.25) is 0 Å². The number of nitrogens with zero attached hydrogens (tertiary/aromatic N) is 4. The summed E-state index contributed by atoms with van der Waals surface area (Å²) < 4.78 is 1.50. The Morgan fingerprint density at radius 2 is 2.05 bits per heavy atom. The molecule has 0 bridgehead atoms. The quantitative estimate of drug-likeness (QED) is 0.823. The molecule has 0 unspecified atom stereocenters. The zero-order valence-corrected chi connectivity index (χ0v) is 11.4. The monoisotopic (exact) mass is 275 g/mol. The summed E-state index contributed by atoms with van der Waals surface area (Å²) in [6.45, 7) is 1.19. The molecule has 2 aromatic rings. The van der Waals surface area contributed by atoms with Crippen molar-refractivity contribution in [3.8, 4) is 0 Å². The largest absolute Gasteiger partial charge is 0.476 e. The van der Waals surface area contributed by atoms with Crippen LogP contribution in [0, 0.1) is 0 Å². The minimum absolute atomic E-state index is 0.0414. The number of rotatable bonds is 6. The number of aromatic carboxylic acids is 1. The molecule has 7 heteroatoms. The first-order chi connectivity index (χ1) is 9.56. The molecule has 7 nitrogen and oxygen atoms in total. The predicted octanol–water partition coefficient (Wildman–Crippen LogP) is 1.15. The highest BCUT2D eigenvalue weighted by Crippen LogP contribution is 2.15. The number of anilines is 2. The second-order valence-electron chi connectivity index (χ2n) is 4.54. The molecule has 1 heterocycles. The lowest BCUT2D eigenvalue weighted by molar-refractivity contribution is 0.0690. The third kappa shape index (κ3) is 3.47. The number of benzene rings is 1. The van der Waals surface area contributed by atoms with E-state index in [0.717, 1.165) is 11.4 Å². The molecule has 0 amide bonds. The van der Waals surface area contributed by atoms with Crippen molar-refractivity contribution in [2.24, 2.45) is 0 Å². The van der Waals surface area contributed by atoms with Crippen molar-refractivity contribution in [1.82, 2.24) is 15.0 Å². The van der Waals surface area contributed by atoms with E-state index in [0.29, 0.717) is 13.1 Å². The first-order valence-electron chi connectivity index (χ1n) is 6.21. The second-order valence-corrected chi connectivity index (χ2v) is 4.54.